The average Bonchev–Trinajstić information content (AvgIpc) is 2.70. The van der Waals surface area contributed by atoms with Gasteiger partial charge in [0.05, 0.1) is 16.6 Å². The number of benzene rings is 1. The van der Waals surface area contributed by atoms with Crippen LogP contribution in [0.2, 0.25) is 10.0 Å². The Bertz CT molecular complexity index is 481. The van der Waals surface area contributed by atoms with E-state index in [2.05, 4.69) is 10.2 Å². The van der Waals surface area contributed by atoms with Crippen LogP contribution in [0.4, 0.5) is 0 Å². The Morgan fingerprint density at radius 2 is 2.07 bits per heavy atom. The van der Waals surface area contributed by atoms with Crippen LogP contribution in [0, 0.1) is 0 Å². The molecule has 2 aromatic rings. The van der Waals surface area contributed by atoms with Crippen LogP contribution in [-0.4, -0.2) is 14.8 Å². The van der Waals surface area contributed by atoms with Gasteiger partial charge in [-0.05, 0) is 18.2 Å². The zero-order valence-corrected chi connectivity index (χ0v) is 9.20. The highest BCUT2D eigenvalue weighted by Crippen LogP contribution is 2.24. The van der Waals surface area contributed by atoms with Crippen molar-refractivity contribution in [3.05, 3.63) is 40.4 Å². The second-order valence-electron chi connectivity index (χ2n) is 2.92. The van der Waals surface area contributed by atoms with Gasteiger partial charge in [-0.15, -0.1) is 10.2 Å². The lowest BCUT2D eigenvalue weighted by Crippen LogP contribution is -2.06. The molecule has 2 N–H and O–H groups in total. The molecule has 0 radical (unpaired) electrons. The van der Waals surface area contributed by atoms with Crippen LogP contribution in [0.5, 0.6) is 0 Å². The quantitative estimate of drug-likeness (QED) is 0.877. The molecule has 0 saturated heterocycles. The lowest BCUT2D eigenvalue weighted by Gasteiger charge is -2.05. The molecule has 0 aliphatic carbocycles. The highest BCUT2D eigenvalue weighted by molar-refractivity contribution is 6.42. The monoisotopic (exact) mass is 242 g/mol. The summed E-state index contributed by atoms with van der Waals surface area (Å²) in [5.41, 5.74) is 6.36. The van der Waals surface area contributed by atoms with Crippen LogP contribution in [0.3, 0.4) is 0 Å². The van der Waals surface area contributed by atoms with Crippen molar-refractivity contribution in [1.29, 1.82) is 0 Å². The number of aromatic nitrogens is 3. The Labute approximate surface area is 96.6 Å². The Morgan fingerprint density at radius 1 is 1.27 bits per heavy atom. The Balaban J connectivity index is 2.50. The van der Waals surface area contributed by atoms with E-state index in [4.69, 9.17) is 28.9 Å². The van der Waals surface area contributed by atoms with Crippen molar-refractivity contribution in [1.82, 2.24) is 14.8 Å². The van der Waals surface area contributed by atoms with Gasteiger partial charge in [0.1, 0.15) is 6.33 Å². The number of rotatable bonds is 2. The van der Waals surface area contributed by atoms with Crippen LogP contribution in [0.25, 0.3) is 5.69 Å². The van der Waals surface area contributed by atoms with Gasteiger partial charge < -0.3 is 5.73 Å². The molecule has 1 aromatic carbocycles. The molecule has 0 spiro atoms. The molecular weight excluding hydrogens is 235 g/mol. The SMILES string of the molecule is NCc1nncn1-c1ccc(Cl)c(Cl)c1. The molecule has 4 nitrogen and oxygen atoms in total. The molecule has 0 bridgehead atoms. The Kier molecular flexibility index (Phi) is 2.90. The molecule has 2 rings (SSSR count). The zero-order valence-electron chi connectivity index (χ0n) is 7.69. The van der Waals surface area contributed by atoms with Crippen LogP contribution < -0.4 is 5.73 Å². The van der Waals surface area contributed by atoms with Gasteiger partial charge in [0.2, 0.25) is 0 Å². The molecule has 78 valence electrons. The summed E-state index contributed by atoms with van der Waals surface area (Å²) in [5.74, 6) is 0.674. The van der Waals surface area contributed by atoms with Crippen molar-refractivity contribution in [3.8, 4) is 5.69 Å². The summed E-state index contributed by atoms with van der Waals surface area (Å²) in [6.07, 6.45) is 1.59. The van der Waals surface area contributed by atoms with Gasteiger partial charge in [-0.2, -0.15) is 0 Å². The number of nitrogens with two attached hydrogens (primary N) is 1. The molecule has 0 aliphatic heterocycles. The second kappa shape index (κ2) is 4.18. The summed E-state index contributed by atoms with van der Waals surface area (Å²) in [5, 5.41) is 8.66. The minimum atomic E-state index is 0.320. The van der Waals surface area contributed by atoms with Crippen molar-refractivity contribution in [2.75, 3.05) is 0 Å². The number of nitrogens with zero attached hydrogens (tertiary/aromatic N) is 3. The summed E-state index contributed by atoms with van der Waals surface area (Å²) in [7, 11) is 0. The fourth-order valence-electron chi connectivity index (χ4n) is 1.25. The van der Waals surface area contributed by atoms with E-state index >= 15 is 0 Å². The van der Waals surface area contributed by atoms with Gasteiger partial charge >= 0.3 is 0 Å². The number of hydrogen-bond acceptors (Lipinski definition) is 3. The summed E-state index contributed by atoms with van der Waals surface area (Å²) in [6, 6.07) is 5.29. The minimum absolute atomic E-state index is 0.320. The molecule has 0 unspecified atom stereocenters. The van der Waals surface area contributed by atoms with E-state index in [1.54, 1.807) is 23.0 Å². The standard InChI is InChI=1S/C9H8Cl2N4/c10-7-2-1-6(3-8(7)11)15-5-13-14-9(15)4-12/h1-3,5H,4,12H2. The average molecular weight is 243 g/mol. The van der Waals surface area contributed by atoms with E-state index in [-0.39, 0.29) is 0 Å². The van der Waals surface area contributed by atoms with E-state index in [1.807, 2.05) is 6.07 Å². The summed E-state index contributed by atoms with van der Waals surface area (Å²) in [6.45, 7) is 0.320. The lowest BCUT2D eigenvalue weighted by atomic mass is 10.3. The molecule has 15 heavy (non-hydrogen) atoms. The highest BCUT2D eigenvalue weighted by atomic mass is 35.5. The third kappa shape index (κ3) is 1.97. The Morgan fingerprint density at radius 3 is 2.73 bits per heavy atom. The van der Waals surface area contributed by atoms with Gasteiger partial charge in [0, 0.05) is 5.69 Å². The maximum atomic E-state index is 5.91. The molecule has 0 saturated carbocycles. The molecular formula is C9H8Cl2N4. The van der Waals surface area contributed by atoms with Crippen molar-refractivity contribution in [2.45, 2.75) is 6.54 Å². The smallest absolute Gasteiger partial charge is 0.151 e. The van der Waals surface area contributed by atoms with Gasteiger partial charge in [-0.1, -0.05) is 23.2 Å². The van der Waals surface area contributed by atoms with E-state index in [9.17, 15) is 0 Å². The van der Waals surface area contributed by atoms with Crippen molar-refractivity contribution < 1.29 is 0 Å². The fourth-order valence-corrected chi connectivity index (χ4v) is 1.54. The van der Waals surface area contributed by atoms with Crippen LogP contribution in [-0.2, 0) is 6.54 Å². The predicted octanol–water partition coefficient (Wildman–Crippen LogP) is 2.03. The third-order valence-electron chi connectivity index (χ3n) is 1.98. The lowest BCUT2D eigenvalue weighted by molar-refractivity contribution is 0.860. The van der Waals surface area contributed by atoms with Gasteiger partial charge in [0.15, 0.2) is 5.82 Å². The van der Waals surface area contributed by atoms with Crippen LogP contribution >= 0.6 is 23.2 Å². The number of hydrogen-bond donors (Lipinski definition) is 1. The van der Waals surface area contributed by atoms with Gasteiger partial charge in [-0.25, -0.2) is 0 Å². The molecule has 0 aliphatic rings. The largest absolute Gasteiger partial charge is 0.324 e. The first-order valence-corrected chi connectivity index (χ1v) is 5.02. The summed E-state index contributed by atoms with van der Waals surface area (Å²) in [4.78, 5) is 0. The predicted molar refractivity (Wildman–Crippen MR) is 59.3 cm³/mol. The molecule has 1 heterocycles. The van der Waals surface area contributed by atoms with E-state index in [0.717, 1.165) is 5.69 Å². The molecule has 1 aromatic heterocycles. The highest BCUT2D eigenvalue weighted by Gasteiger charge is 2.06. The second-order valence-corrected chi connectivity index (χ2v) is 3.73. The first-order valence-electron chi connectivity index (χ1n) is 4.27. The van der Waals surface area contributed by atoms with E-state index < -0.39 is 0 Å². The molecule has 6 heteroatoms. The maximum Gasteiger partial charge on any atom is 0.151 e. The zero-order chi connectivity index (χ0) is 10.8. The van der Waals surface area contributed by atoms with E-state index in [0.29, 0.717) is 22.4 Å². The summed E-state index contributed by atoms with van der Waals surface area (Å²) < 4.78 is 1.77. The molecule has 0 atom stereocenters. The van der Waals surface area contributed by atoms with E-state index in [1.165, 1.54) is 0 Å². The summed E-state index contributed by atoms with van der Waals surface area (Å²) >= 11 is 11.7. The molecule has 0 fully saturated rings. The topological polar surface area (TPSA) is 56.7 Å². The van der Waals surface area contributed by atoms with Crippen molar-refractivity contribution in [3.63, 3.8) is 0 Å². The van der Waals surface area contributed by atoms with Gasteiger partial charge in [-0.3, -0.25) is 4.57 Å². The van der Waals surface area contributed by atoms with Crippen molar-refractivity contribution in [2.24, 2.45) is 5.73 Å². The number of halogens is 2. The normalized spacial score (nSPS) is 10.6. The van der Waals surface area contributed by atoms with Crippen LogP contribution in [0.15, 0.2) is 24.5 Å². The first kappa shape index (κ1) is 10.4. The minimum Gasteiger partial charge on any atom is -0.324 e. The van der Waals surface area contributed by atoms with Crippen molar-refractivity contribution >= 4 is 23.2 Å². The van der Waals surface area contributed by atoms with Crippen LogP contribution in [0.1, 0.15) is 5.82 Å². The van der Waals surface area contributed by atoms with Gasteiger partial charge in [0.25, 0.3) is 0 Å². The molecule has 0 amide bonds. The fraction of sp³-hybridized carbons (Fsp3) is 0.111. The first-order chi connectivity index (χ1) is 7.22. The maximum absolute atomic E-state index is 5.91. The third-order valence-corrected chi connectivity index (χ3v) is 2.72. The Hall–Kier alpha value is -1.10.